The Kier molecular flexibility index (Phi) is 12.0. The Hall–Kier alpha value is -3.80. The normalized spacial score (nSPS) is 13.2. The number of aliphatic hydroxyl groups excluding tert-OH is 2. The molecule has 0 aliphatic rings. The first-order valence-corrected chi connectivity index (χ1v) is 16.4. The largest absolute Gasteiger partial charge is 0.497 e. The standard InChI is InChI=1S/C22H27N3O5S.C6H11N3O3S/c1-17(26)12-24-15-22(23-16-24)31(27,28)25(13-18-4-8-20(29-2)9-5-18)14-19-6-10-21(30-3)11-7-19;1-5(10)2-9-3-6(8-4-9)13(7,11)12/h4-11,15-17,26H,12-14H2,1-3H3;3-5,10H,2H2,1H3,(H2,7,11,12)/t17-;5-/m11/s1. The molecular formula is C28H38N6O8S2. The van der Waals surface area contributed by atoms with Crippen molar-refractivity contribution in [2.24, 2.45) is 5.14 Å². The highest BCUT2D eigenvalue weighted by Gasteiger charge is 2.27. The summed E-state index contributed by atoms with van der Waals surface area (Å²) in [6.07, 6.45) is 4.28. The summed E-state index contributed by atoms with van der Waals surface area (Å²) in [6.45, 7) is 4.12. The highest BCUT2D eigenvalue weighted by atomic mass is 32.2. The van der Waals surface area contributed by atoms with Gasteiger partial charge in [0.1, 0.15) is 11.5 Å². The number of methoxy groups -OCH3 is 2. The Labute approximate surface area is 257 Å². The van der Waals surface area contributed by atoms with Crippen LogP contribution in [0.25, 0.3) is 0 Å². The van der Waals surface area contributed by atoms with Crippen LogP contribution in [0.5, 0.6) is 11.5 Å². The zero-order valence-corrected chi connectivity index (χ0v) is 26.5. The van der Waals surface area contributed by atoms with E-state index in [2.05, 4.69) is 9.97 Å². The molecule has 0 fully saturated rings. The molecule has 2 aromatic heterocycles. The fourth-order valence-electron chi connectivity index (χ4n) is 4.00. The summed E-state index contributed by atoms with van der Waals surface area (Å²) in [5.41, 5.74) is 1.64. The van der Waals surface area contributed by atoms with Gasteiger partial charge < -0.3 is 28.8 Å². The van der Waals surface area contributed by atoms with Crippen molar-refractivity contribution in [1.29, 1.82) is 0 Å². The molecule has 2 aromatic carbocycles. The molecule has 2 atom stereocenters. The summed E-state index contributed by atoms with van der Waals surface area (Å²) < 4.78 is 63.2. The van der Waals surface area contributed by atoms with E-state index in [1.54, 1.807) is 56.9 Å². The summed E-state index contributed by atoms with van der Waals surface area (Å²) >= 11 is 0. The van der Waals surface area contributed by atoms with E-state index in [0.29, 0.717) is 18.0 Å². The molecule has 0 unspecified atom stereocenters. The quantitative estimate of drug-likeness (QED) is 0.191. The topological polar surface area (TPSA) is 192 Å². The molecule has 4 aromatic rings. The van der Waals surface area contributed by atoms with Gasteiger partial charge in [0.05, 0.1) is 39.1 Å². The first-order chi connectivity index (χ1) is 20.7. The molecule has 0 aliphatic heterocycles. The van der Waals surface area contributed by atoms with Crippen LogP contribution in [0.15, 0.2) is 83.6 Å². The number of primary sulfonamides is 1. The van der Waals surface area contributed by atoms with E-state index >= 15 is 0 Å². The van der Waals surface area contributed by atoms with Gasteiger partial charge in [-0.3, -0.25) is 0 Å². The maximum Gasteiger partial charge on any atom is 0.262 e. The van der Waals surface area contributed by atoms with Crippen LogP contribution >= 0.6 is 0 Å². The van der Waals surface area contributed by atoms with E-state index < -0.39 is 32.3 Å². The SMILES string of the molecule is COc1ccc(CN(Cc2ccc(OC)cc2)S(=O)(=O)c2cn(C[C@@H](C)O)cn2)cc1.C[C@@H](O)Cn1cnc(S(N)(=O)=O)c1. The van der Waals surface area contributed by atoms with Crippen molar-refractivity contribution < 1.29 is 36.5 Å². The molecule has 0 radical (unpaired) electrons. The van der Waals surface area contributed by atoms with Gasteiger partial charge >= 0.3 is 0 Å². The molecule has 4 N–H and O–H groups in total. The van der Waals surface area contributed by atoms with Crippen molar-refractivity contribution in [2.75, 3.05) is 14.2 Å². The van der Waals surface area contributed by atoms with Crippen LogP contribution in [-0.2, 0) is 46.2 Å². The van der Waals surface area contributed by atoms with Gasteiger partial charge in [-0.2, -0.15) is 4.31 Å². The van der Waals surface area contributed by atoms with Gasteiger partial charge in [-0.1, -0.05) is 24.3 Å². The maximum atomic E-state index is 13.4. The van der Waals surface area contributed by atoms with Crippen LogP contribution in [0.4, 0.5) is 0 Å². The Morgan fingerprint density at radius 2 is 1.14 bits per heavy atom. The number of hydrogen-bond donors (Lipinski definition) is 3. The fraction of sp³-hybridized carbons (Fsp3) is 0.357. The summed E-state index contributed by atoms with van der Waals surface area (Å²) in [7, 11) is -4.45. The molecule has 0 saturated carbocycles. The van der Waals surface area contributed by atoms with E-state index in [-0.39, 0.29) is 29.7 Å². The van der Waals surface area contributed by atoms with Crippen molar-refractivity contribution >= 4 is 20.0 Å². The average Bonchev–Trinajstić information content (AvgIpc) is 3.63. The third kappa shape index (κ3) is 10.1. The molecule has 2 heterocycles. The summed E-state index contributed by atoms with van der Waals surface area (Å²) in [6, 6.07) is 14.5. The minimum atomic E-state index is -3.89. The lowest BCUT2D eigenvalue weighted by molar-refractivity contribution is 0.173. The molecule has 0 amide bonds. The van der Waals surface area contributed by atoms with E-state index in [9.17, 15) is 21.9 Å². The second-order valence-corrected chi connectivity index (χ2v) is 13.4. The molecule has 240 valence electrons. The van der Waals surface area contributed by atoms with Crippen LogP contribution in [0.1, 0.15) is 25.0 Å². The molecule has 4 rings (SSSR count). The van der Waals surface area contributed by atoms with Gasteiger partial charge in [0.25, 0.3) is 20.0 Å². The average molecular weight is 651 g/mol. The van der Waals surface area contributed by atoms with Gasteiger partial charge in [-0.05, 0) is 49.2 Å². The Morgan fingerprint density at radius 1 is 0.750 bits per heavy atom. The van der Waals surface area contributed by atoms with Gasteiger partial charge in [0.15, 0.2) is 10.1 Å². The zero-order chi connectivity index (χ0) is 32.5. The molecule has 44 heavy (non-hydrogen) atoms. The number of sulfonamides is 2. The monoisotopic (exact) mass is 650 g/mol. The van der Waals surface area contributed by atoms with Crippen LogP contribution in [0, 0.1) is 0 Å². The molecular weight excluding hydrogens is 612 g/mol. The predicted octanol–water partition coefficient (Wildman–Crippen LogP) is 1.58. The maximum absolute atomic E-state index is 13.4. The van der Waals surface area contributed by atoms with Gasteiger partial charge in [0.2, 0.25) is 0 Å². The second-order valence-electron chi connectivity index (χ2n) is 10.0. The highest BCUT2D eigenvalue weighted by Crippen LogP contribution is 2.22. The minimum Gasteiger partial charge on any atom is -0.497 e. The third-order valence-corrected chi connectivity index (χ3v) is 8.57. The zero-order valence-electron chi connectivity index (χ0n) is 24.9. The van der Waals surface area contributed by atoms with E-state index in [1.165, 1.54) is 33.9 Å². The Morgan fingerprint density at radius 3 is 1.48 bits per heavy atom. The smallest absolute Gasteiger partial charge is 0.262 e. The second kappa shape index (κ2) is 15.3. The van der Waals surface area contributed by atoms with Gasteiger partial charge in [-0.15, -0.1) is 0 Å². The number of ether oxygens (including phenoxy) is 2. The number of nitrogens with two attached hydrogens (primary N) is 1. The third-order valence-electron chi connectivity index (χ3n) is 6.10. The van der Waals surface area contributed by atoms with Gasteiger partial charge in [-0.25, -0.2) is 31.9 Å². The first kappa shape index (κ1) is 34.7. The lowest BCUT2D eigenvalue weighted by atomic mass is 10.2. The number of nitrogens with zero attached hydrogens (tertiary/aromatic N) is 5. The summed E-state index contributed by atoms with van der Waals surface area (Å²) in [4.78, 5) is 7.66. The van der Waals surface area contributed by atoms with E-state index in [4.69, 9.17) is 19.7 Å². The molecule has 0 bridgehead atoms. The molecule has 14 nitrogen and oxygen atoms in total. The number of aliphatic hydroxyl groups is 2. The number of rotatable bonds is 13. The number of imidazole rings is 2. The minimum absolute atomic E-state index is 0.0600. The van der Waals surface area contributed by atoms with Crippen molar-refractivity contribution in [3.63, 3.8) is 0 Å². The molecule has 16 heteroatoms. The number of benzene rings is 2. The fourth-order valence-corrected chi connectivity index (χ4v) is 5.82. The van der Waals surface area contributed by atoms with Crippen molar-refractivity contribution in [3.05, 3.63) is 84.7 Å². The molecule has 0 aliphatic carbocycles. The number of aromatic nitrogens is 4. The Balaban J connectivity index is 0.000000340. The lowest BCUT2D eigenvalue weighted by Gasteiger charge is -2.21. The van der Waals surface area contributed by atoms with Crippen LogP contribution in [-0.4, -0.2) is 76.9 Å². The van der Waals surface area contributed by atoms with Crippen molar-refractivity contribution in [2.45, 2.75) is 62.3 Å². The van der Waals surface area contributed by atoms with E-state index in [0.717, 1.165) is 11.1 Å². The summed E-state index contributed by atoms with van der Waals surface area (Å²) in [5.74, 6) is 1.40. The van der Waals surface area contributed by atoms with Crippen LogP contribution < -0.4 is 14.6 Å². The predicted molar refractivity (Wildman–Crippen MR) is 162 cm³/mol. The highest BCUT2D eigenvalue weighted by molar-refractivity contribution is 7.89. The van der Waals surface area contributed by atoms with Crippen LogP contribution in [0.3, 0.4) is 0 Å². The molecule has 0 saturated heterocycles. The van der Waals surface area contributed by atoms with Gasteiger partial charge in [0, 0.05) is 38.6 Å². The molecule has 0 spiro atoms. The van der Waals surface area contributed by atoms with E-state index in [1.807, 2.05) is 24.3 Å². The number of hydrogen-bond acceptors (Lipinski definition) is 10. The van der Waals surface area contributed by atoms with Crippen molar-refractivity contribution in [1.82, 2.24) is 23.4 Å². The first-order valence-electron chi connectivity index (χ1n) is 13.4. The lowest BCUT2D eigenvalue weighted by Crippen LogP contribution is -2.30. The summed E-state index contributed by atoms with van der Waals surface area (Å²) in [5, 5.41) is 23.1. The van der Waals surface area contributed by atoms with Crippen LogP contribution in [0.2, 0.25) is 0 Å². The van der Waals surface area contributed by atoms with Crippen molar-refractivity contribution in [3.8, 4) is 11.5 Å². The Bertz CT molecular complexity index is 1630.